The Bertz CT molecular complexity index is 257. The molecule has 70 valence electrons. The lowest BCUT2D eigenvalue weighted by Crippen LogP contribution is -2.36. The second-order valence-electron chi connectivity index (χ2n) is 3.30. The van der Waals surface area contributed by atoms with Gasteiger partial charge in [0.05, 0.1) is 6.10 Å². The predicted molar refractivity (Wildman–Crippen MR) is 49.5 cm³/mol. The number of hydrogen-bond acceptors (Lipinski definition) is 4. The number of piperidine rings is 1. The number of aliphatic hydroxyl groups excluding tert-OH is 1. The summed E-state index contributed by atoms with van der Waals surface area (Å²) in [5.41, 5.74) is 0. The molecule has 0 aromatic carbocycles. The lowest BCUT2D eigenvalue weighted by molar-refractivity contribution is 0.145. The van der Waals surface area contributed by atoms with Crippen molar-refractivity contribution in [3.05, 3.63) is 18.3 Å². The molecule has 0 unspecified atom stereocenters. The first-order valence-electron chi connectivity index (χ1n) is 4.57. The van der Waals surface area contributed by atoms with Crippen LogP contribution < -0.4 is 4.90 Å². The van der Waals surface area contributed by atoms with E-state index in [4.69, 9.17) is 0 Å². The number of rotatable bonds is 1. The number of anilines is 1. The average molecular weight is 179 g/mol. The van der Waals surface area contributed by atoms with Gasteiger partial charge < -0.3 is 10.0 Å². The van der Waals surface area contributed by atoms with Crippen LogP contribution in [0.4, 0.5) is 5.82 Å². The molecule has 0 spiro atoms. The van der Waals surface area contributed by atoms with Crippen LogP contribution in [0.25, 0.3) is 0 Å². The molecule has 1 aliphatic heterocycles. The van der Waals surface area contributed by atoms with Crippen LogP contribution in [0.2, 0.25) is 0 Å². The molecule has 13 heavy (non-hydrogen) atoms. The van der Waals surface area contributed by atoms with Gasteiger partial charge in [0.2, 0.25) is 0 Å². The Balaban J connectivity index is 2.03. The fourth-order valence-corrected chi connectivity index (χ4v) is 1.56. The van der Waals surface area contributed by atoms with Gasteiger partial charge >= 0.3 is 0 Å². The summed E-state index contributed by atoms with van der Waals surface area (Å²) in [6.45, 7) is 1.75. The Morgan fingerprint density at radius 2 is 2.15 bits per heavy atom. The Hall–Kier alpha value is -1.16. The van der Waals surface area contributed by atoms with E-state index in [-0.39, 0.29) is 6.10 Å². The SMILES string of the molecule is OC1CCN(c2cccnn2)CC1. The first-order chi connectivity index (χ1) is 6.36. The van der Waals surface area contributed by atoms with E-state index in [1.165, 1.54) is 0 Å². The maximum Gasteiger partial charge on any atom is 0.151 e. The van der Waals surface area contributed by atoms with E-state index in [0.717, 1.165) is 31.7 Å². The van der Waals surface area contributed by atoms with Crippen LogP contribution in [0.3, 0.4) is 0 Å². The number of aliphatic hydroxyl groups is 1. The molecule has 0 saturated carbocycles. The van der Waals surface area contributed by atoms with E-state index in [1.807, 2.05) is 12.1 Å². The summed E-state index contributed by atoms with van der Waals surface area (Å²) in [6.07, 6.45) is 3.20. The summed E-state index contributed by atoms with van der Waals surface area (Å²) in [5.74, 6) is 0.911. The van der Waals surface area contributed by atoms with Crippen molar-refractivity contribution in [3.63, 3.8) is 0 Å². The summed E-state index contributed by atoms with van der Waals surface area (Å²) in [5, 5.41) is 17.2. The second-order valence-corrected chi connectivity index (χ2v) is 3.30. The van der Waals surface area contributed by atoms with Crippen molar-refractivity contribution >= 4 is 5.82 Å². The van der Waals surface area contributed by atoms with Gasteiger partial charge in [-0.1, -0.05) is 0 Å². The zero-order chi connectivity index (χ0) is 9.10. The fourth-order valence-electron chi connectivity index (χ4n) is 1.56. The molecule has 2 heterocycles. The van der Waals surface area contributed by atoms with E-state index in [0.29, 0.717) is 0 Å². The minimum absolute atomic E-state index is 0.132. The van der Waals surface area contributed by atoms with Crippen LogP contribution in [0, 0.1) is 0 Å². The van der Waals surface area contributed by atoms with Crippen LogP contribution in [0.15, 0.2) is 18.3 Å². The van der Waals surface area contributed by atoms with Crippen LogP contribution >= 0.6 is 0 Å². The number of hydrogen-bond donors (Lipinski definition) is 1. The second kappa shape index (κ2) is 3.70. The van der Waals surface area contributed by atoms with Crippen molar-refractivity contribution in [2.24, 2.45) is 0 Å². The molecule has 1 fully saturated rings. The first-order valence-corrected chi connectivity index (χ1v) is 4.57. The zero-order valence-corrected chi connectivity index (χ0v) is 7.43. The molecule has 0 aliphatic carbocycles. The third kappa shape index (κ3) is 1.95. The highest BCUT2D eigenvalue weighted by Crippen LogP contribution is 2.15. The van der Waals surface area contributed by atoms with Gasteiger partial charge in [-0.2, -0.15) is 5.10 Å². The van der Waals surface area contributed by atoms with Crippen molar-refractivity contribution in [1.29, 1.82) is 0 Å². The molecule has 1 N–H and O–H groups in total. The van der Waals surface area contributed by atoms with Gasteiger partial charge in [0.1, 0.15) is 0 Å². The normalized spacial score (nSPS) is 19.0. The smallest absolute Gasteiger partial charge is 0.151 e. The van der Waals surface area contributed by atoms with E-state index < -0.39 is 0 Å². The summed E-state index contributed by atoms with van der Waals surface area (Å²) in [4.78, 5) is 2.15. The summed E-state index contributed by atoms with van der Waals surface area (Å²) >= 11 is 0. The van der Waals surface area contributed by atoms with Gasteiger partial charge in [-0.25, -0.2) is 0 Å². The Morgan fingerprint density at radius 1 is 1.38 bits per heavy atom. The van der Waals surface area contributed by atoms with Gasteiger partial charge in [0.15, 0.2) is 5.82 Å². The minimum Gasteiger partial charge on any atom is -0.393 e. The van der Waals surface area contributed by atoms with Crippen molar-refractivity contribution in [2.45, 2.75) is 18.9 Å². The van der Waals surface area contributed by atoms with E-state index >= 15 is 0 Å². The Labute approximate surface area is 77.2 Å². The fraction of sp³-hybridized carbons (Fsp3) is 0.556. The molecule has 1 aliphatic rings. The average Bonchev–Trinajstić information content (AvgIpc) is 2.20. The van der Waals surface area contributed by atoms with Gasteiger partial charge in [0, 0.05) is 19.3 Å². The van der Waals surface area contributed by atoms with Crippen LogP contribution in [0.1, 0.15) is 12.8 Å². The molecule has 0 radical (unpaired) electrons. The third-order valence-corrected chi connectivity index (χ3v) is 2.35. The zero-order valence-electron chi connectivity index (χ0n) is 7.43. The standard InChI is InChI=1S/C9H13N3O/c13-8-3-6-12(7-4-8)9-2-1-5-10-11-9/h1-2,5,8,13H,3-4,6-7H2. The van der Waals surface area contributed by atoms with E-state index in [1.54, 1.807) is 6.20 Å². The largest absolute Gasteiger partial charge is 0.393 e. The summed E-state index contributed by atoms with van der Waals surface area (Å²) in [6, 6.07) is 3.83. The lowest BCUT2D eigenvalue weighted by atomic mass is 10.1. The lowest BCUT2D eigenvalue weighted by Gasteiger charge is -2.29. The van der Waals surface area contributed by atoms with Crippen LogP contribution in [0.5, 0.6) is 0 Å². The summed E-state index contributed by atoms with van der Waals surface area (Å²) < 4.78 is 0. The molecule has 4 nitrogen and oxygen atoms in total. The third-order valence-electron chi connectivity index (χ3n) is 2.35. The monoisotopic (exact) mass is 179 g/mol. The topological polar surface area (TPSA) is 49.2 Å². The maximum absolute atomic E-state index is 9.31. The van der Waals surface area contributed by atoms with E-state index in [2.05, 4.69) is 15.1 Å². The Morgan fingerprint density at radius 3 is 2.77 bits per heavy atom. The molecule has 1 aromatic rings. The van der Waals surface area contributed by atoms with Gasteiger partial charge in [-0.3, -0.25) is 0 Å². The molecule has 0 atom stereocenters. The summed E-state index contributed by atoms with van der Waals surface area (Å²) in [7, 11) is 0. The quantitative estimate of drug-likeness (QED) is 0.679. The minimum atomic E-state index is -0.132. The first kappa shape index (κ1) is 8.44. The van der Waals surface area contributed by atoms with Crippen molar-refractivity contribution in [1.82, 2.24) is 10.2 Å². The maximum atomic E-state index is 9.31. The predicted octanol–water partition coefficient (Wildman–Crippen LogP) is 0.438. The Kier molecular flexibility index (Phi) is 2.40. The molecule has 1 aromatic heterocycles. The van der Waals surface area contributed by atoms with Crippen molar-refractivity contribution in [3.8, 4) is 0 Å². The molecule has 0 bridgehead atoms. The van der Waals surface area contributed by atoms with E-state index in [9.17, 15) is 5.11 Å². The molecule has 1 saturated heterocycles. The van der Waals surface area contributed by atoms with Crippen LogP contribution in [-0.4, -0.2) is 34.5 Å². The van der Waals surface area contributed by atoms with Crippen molar-refractivity contribution < 1.29 is 5.11 Å². The number of aromatic nitrogens is 2. The molecular formula is C9H13N3O. The highest BCUT2D eigenvalue weighted by Gasteiger charge is 2.17. The highest BCUT2D eigenvalue weighted by molar-refractivity contribution is 5.36. The molecule has 4 heteroatoms. The van der Waals surface area contributed by atoms with Crippen molar-refractivity contribution in [2.75, 3.05) is 18.0 Å². The molecule has 2 rings (SSSR count). The van der Waals surface area contributed by atoms with Gasteiger partial charge in [0.25, 0.3) is 0 Å². The van der Waals surface area contributed by atoms with Gasteiger partial charge in [-0.05, 0) is 25.0 Å². The molecular weight excluding hydrogens is 166 g/mol. The molecule has 0 amide bonds. The highest BCUT2D eigenvalue weighted by atomic mass is 16.3. The van der Waals surface area contributed by atoms with Gasteiger partial charge in [-0.15, -0.1) is 5.10 Å². The number of nitrogens with zero attached hydrogens (tertiary/aromatic N) is 3. The van der Waals surface area contributed by atoms with Crippen LogP contribution in [-0.2, 0) is 0 Å².